The maximum Gasteiger partial charge on any atom is 0.243 e. The second-order valence-electron chi connectivity index (χ2n) is 7.10. The highest BCUT2D eigenvalue weighted by molar-refractivity contribution is 7.89. The minimum atomic E-state index is -3.38. The lowest BCUT2D eigenvalue weighted by molar-refractivity contribution is 0.319. The highest BCUT2D eigenvalue weighted by atomic mass is 32.2. The normalized spacial score (nSPS) is 19.5. The first-order valence-electron chi connectivity index (χ1n) is 9.16. The number of fused-ring (bicyclic) bond motifs is 1. The highest BCUT2D eigenvalue weighted by Gasteiger charge is 2.30. The molecule has 5 heteroatoms. The molecule has 1 aromatic carbocycles. The van der Waals surface area contributed by atoms with Gasteiger partial charge in [-0.15, -0.1) is 0 Å². The van der Waals surface area contributed by atoms with Gasteiger partial charge in [0.25, 0.3) is 0 Å². The summed E-state index contributed by atoms with van der Waals surface area (Å²) in [4.78, 5) is 4.53. The van der Waals surface area contributed by atoms with Gasteiger partial charge in [0, 0.05) is 25.5 Å². The summed E-state index contributed by atoms with van der Waals surface area (Å²) in [7, 11) is -3.38. The number of rotatable bonds is 3. The third kappa shape index (κ3) is 3.35. The van der Waals surface area contributed by atoms with Crippen molar-refractivity contribution in [2.45, 2.75) is 49.3 Å². The van der Waals surface area contributed by atoms with E-state index in [1.165, 1.54) is 23.1 Å². The predicted molar refractivity (Wildman–Crippen MR) is 98.1 cm³/mol. The van der Waals surface area contributed by atoms with E-state index in [0.717, 1.165) is 32.1 Å². The molecule has 1 aromatic heterocycles. The van der Waals surface area contributed by atoms with Gasteiger partial charge >= 0.3 is 0 Å². The van der Waals surface area contributed by atoms with Crippen LogP contribution in [0, 0.1) is 0 Å². The predicted octanol–water partition coefficient (Wildman–Crippen LogP) is 3.53. The van der Waals surface area contributed by atoms with E-state index in [9.17, 15) is 8.42 Å². The van der Waals surface area contributed by atoms with E-state index in [0.29, 0.717) is 23.9 Å². The molecule has 0 unspecified atom stereocenters. The highest BCUT2D eigenvalue weighted by Crippen LogP contribution is 2.31. The summed E-state index contributed by atoms with van der Waals surface area (Å²) in [6, 6.07) is 9.81. The molecule has 4 nitrogen and oxygen atoms in total. The SMILES string of the molecule is O=S(=O)(c1ccc2c(c1)CCCC2)N1CCC(c2ccncc2)CC1. The molecule has 0 N–H and O–H groups in total. The van der Waals surface area contributed by atoms with E-state index in [1.54, 1.807) is 10.4 Å². The van der Waals surface area contributed by atoms with Crippen LogP contribution in [-0.4, -0.2) is 30.8 Å². The van der Waals surface area contributed by atoms with Gasteiger partial charge in [0.05, 0.1) is 4.90 Å². The number of aryl methyl sites for hydroxylation is 2. The lowest BCUT2D eigenvalue weighted by Crippen LogP contribution is -2.38. The Morgan fingerprint density at radius 2 is 1.60 bits per heavy atom. The molecule has 0 radical (unpaired) electrons. The van der Waals surface area contributed by atoms with Crippen molar-refractivity contribution < 1.29 is 8.42 Å². The summed E-state index contributed by atoms with van der Waals surface area (Å²) in [5, 5.41) is 0. The molecule has 0 spiro atoms. The van der Waals surface area contributed by atoms with Crippen LogP contribution < -0.4 is 0 Å². The van der Waals surface area contributed by atoms with Crippen LogP contribution in [0.15, 0.2) is 47.6 Å². The zero-order chi connectivity index (χ0) is 17.3. The first-order chi connectivity index (χ1) is 12.1. The fourth-order valence-corrected chi connectivity index (χ4v) is 5.61. The molecule has 0 bridgehead atoms. The minimum absolute atomic E-state index is 0.429. The molecule has 1 aliphatic heterocycles. The van der Waals surface area contributed by atoms with E-state index in [1.807, 2.05) is 36.7 Å². The van der Waals surface area contributed by atoms with Crippen LogP contribution in [-0.2, 0) is 22.9 Å². The summed E-state index contributed by atoms with van der Waals surface area (Å²) in [5.74, 6) is 0.429. The van der Waals surface area contributed by atoms with Crippen molar-refractivity contribution in [2.75, 3.05) is 13.1 Å². The van der Waals surface area contributed by atoms with Gasteiger partial charge in [0.2, 0.25) is 10.0 Å². The first kappa shape index (κ1) is 16.7. The minimum Gasteiger partial charge on any atom is -0.265 e. The van der Waals surface area contributed by atoms with E-state index < -0.39 is 10.0 Å². The van der Waals surface area contributed by atoms with Gasteiger partial charge in [-0.25, -0.2) is 8.42 Å². The molecule has 0 atom stereocenters. The van der Waals surface area contributed by atoms with E-state index in [4.69, 9.17) is 0 Å². The third-order valence-electron chi connectivity index (χ3n) is 5.59. The standard InChI is InChI=1S/C20H24N2O2S/c23-25(24,20-6-5-16-3-1-2-4-19(16)15-20)22-13-9-18(10-14-22)17-7-11-21-12-8-17/h5-8,11-12,15,18H,1-4,9-10,13-14H2. The summed E-state index contributed by atoms with van der Waals surface area (Å²) in [5.41, 5.74) is 3.81. The van der Waals surface area contributed by atoms with Gasteiger partial charge in [0.1, 0.15) is 0 Å². The van der Waals surface area contributed by atoms with Gasteiger partial charge in [-0.1, -0.05) is 6.07 Å². The summed E-state index contributed by atoms with van der Waals surface area (Å²) >= 11 is 0. The van der Waals surface area contributed by atoms with Crippen molar-refractivity contribution in [3.05, 3.63) is 59.4 Å². The second kappa shape index (κ2) is 6.89. The Kier molecular flexibility index (Phi) is 4.61. The van der Waals surface area contributed by atoms with E-state index in [-0.39, 0.29) is 0 Å². The lowest BCUT2D eigenvalue weighted by Gasteiger charge is -2.31. The van der Waals surface area contributed by atoms with Crippen LogP contribution in [0.2, 0.25) is 0 Å². The number of benzene rings is 1. The van der Waals surface area contributed by atoms with Crippen molar-refractivity contribution in [1.29, 1.82) is 0 Å². The Balaban J connectivity index is 1.50. The smallest absolute Gasteiger partial charge is 0.243 e. The zero-order valence-corrected chi connectivity index (χ0v) is 15.2. The Hall–Kier alpha value is -1.72. The molecule has 0 amide bonds. The fraction of sp³-hybridized carbons (Fsp3) is 0.450. The number of sulfonamides is 1. The molecule has 132 valence electrons. The molecule has 2 aromatic rings. The van der Waals surface area contributed by atoms with Gasteiger partial charge in [-0.3, -0.25) is 4.98 Å². The monoisotopic (exact) mass is 356 g/mol. The average molecular weight is 356 g/mol. The van der Waals surface area contributed by atoms with E-state index >= 15 is 0 Å². The van der Waals surface area contributed by atoms with Gasteiger partial charge in [-0.2, -0.15) is 4.31 Å². The third-order valence-corrected chi connectivity index (χ3v) is 7.48. The zero-order valence-electron chi connectivity index (χ0n) is 14.4. The first-order valence-corrected chi connectivity index (χ1v) is 10.6. The summed E-state index contributed by atoms with van der Waals surface area (Å²) in [6.07, 6.45) is 9.81. The van der Waals surface area contributed by atoms with Gasteiger partial charge in [-0.05, 0) is 85.4 Å². The molecule has 1 fully saturated rings. The number of piperidine rings is 1. The maximum atomic E-state index is 13.0. The molecule has 25 heavy (non-hydrogen) atoms. The molecule has 2 aliphatic rings. The Morgan fingerprint density at radius 3 is 2.32 bits per heavy atom. The van der Waals surface area contributed by atoms with Crippen molar-refractivity contribution in [3.63, 3.8) is 0 Å². The van der Waals surface area contributed by atoms with Crippen LogP contribution in [0.25, 0.3) is 0 Å². The summed E-state index contributed by atoms with van der Waals surface area (Å²) in [6.45, 7) is 1.18. The molecular formula is C20H24N2O2S. The number of hydrogen-bond donors (Lipinski definition) is 0. The molecule has 4 rings (SSSR count). The van der Waals surface area contributed by atoms with E-state index in [2.05, 4.69) is 4.98 Å². The van der Waals surface area contributed by atoms with Crippen LogP contribution in [0.3, 0.4) is 0 Å². The fourth-order valence-electron chi connectivity index (χ4n) is 4.08. The lowest BCUT2D eigenvalue weighted by atomic mass is 9.91. The number of hydrogen-bond acceptors (Lipinski definition) is 3. The van der Waals surface area contributed by atoms with Crippen LogP contribution in [0.4, 0.5) is 0 Å². The van der Waals surface area contributed by atoms with Gasteiger partial charge in [0.15, 0.2) is 0 Å². The molecule has 1 saturated heterocycles. The topological polar surface area (TPSA) is 50.3 Å². The van der Waals surface area contributed by atoms with Crippen LogP contribution in [0.1, 0.15) is 48.3 Å². The van der Waals surface area contributed by atoms with Crippen LogP contribution in [0.5, 0.6) is 0 Å². The number of nitrogens with zero attached hydrogens (tertiary/aromatic N) is 2. The molecular weight excluding hydrogens is 332 g/mol. The number of aromatic nitrogens is 1. The Bertz CT molecular complexity index is 841. The molecule has 2 heterocycles. The Labute approximate surface area is 150 Å². The second-order valence-corrected chi connectivity index (χ2v) is 9.03. The molecule has 0 saturated carbocycles. The van der Waals surface area contributed by atoms with Crippen molar-refractivity contribution >= 4 is 10.0 Å². The quantitative estimate of drug-likeness (QED) is 0.845. The van der Waals surface area contributed by atoms with Crippen LogP contribution >= 0.6 is 0 Å². The molecule has 1 aliphatic carbocycles. The maximum absolute atomic E-state index is 13.0. The average Bonchev–Trinajstić information content (AvgIpc) is 2.68. The van der Waals surface area contributed by atoms with Gasteiger partial charge < -0.3 is 0 Å². The van der Waals surface area contributed by atoms with Crippen molar-refractivity contribution in [1.82, 2.24) is 9.29 Å². The van der Waals surface area contributed by atoms with Crippen molar-refractivity contribution in [2.24, 2.45) is 0 Å². The largest absolute Gasteiger partial charge is 0.265 e. The Morgan fingerprint density at radius 1 is 0.920 bits per heavy atom. The summed E-state index contributed by atoms with van der Waals surface area (Å²) < 4.78 is 27.7. The number of pyridine rings is 1. The van der Waals surface area contributed by atoms with Crippen molar-refractivity contribution in [3.8, 4) is 0 Å².